The molecule has 1 aromatic heterocycles. The fourth-order valence-electron chi connectivity index (χ4n) is 8.67. The maximum Gasteiger partial charge on any atom is 0.306 e. The van der Waals surface area contributed by atoms with E-state index in [0.29, 0.717) is 44.3 Å². The number of ketones is 1. The third-order valence-corrected chi connectivity index (χ3v) is 14.6. The number of para-hydroxylation sites is 1. The highest BCUT2D eigenvalue weighted by Crippen LogP contribution is 2.58. The average Bonchev–Trinajstić information content (AvgIpc) is 4.00. The monoisotopic (exact) mass is 761 g/mol. The number of carbonyl (C=O) groups excluding carboxylic acids is 4. The number of pyridine rings is 1. The summed E-state index contributed by atoms with van der Waals surface area (Å²) in [6, 6.07) is 7.02. The number of sulfonamides is 1. The summed E-state index contributed by atoms with van der Waals surface area (Å²) in [7, 11) is -3.93. The summed E-state index contributed by atoms with van der Waals surface area (Å²) in [5, 5.41) is 1.01. The van der Waals surface area contributed by atoms with E-state index in [1.165, 1.54) is 0 Å². The van der Waals surface area contributed by atoms with Crippen molar-refractivity contribution in [2.45, 2.75) is 134 Å². The van der Waals surface area contributed by atoms with Crippen molar-refractivity contribution in [2.75, 3.05) is 13.2 Å². The first-order chi connectivity index (χ1) is 25.4. The van der Waals surface area contributed by atoms with Crippen molar-refractivity contribution in [1.29, 1.82) is 0 Å². The van der Waals surface area contributed by atoms with Crippen LogP contribution in [0.1, 0.15) is 116 Å². The molecule has 7 rings (SSSR count). The van der Waals surface area contributed by atoms with Crippen molar-refractivity contribution in [3.05, 3.63) is 47.7 Å². The number of aromatic nitrogens is 1. The lowest BCUT2D eigenvalue weighted by atomic mass is 9.85. The van der Waals surface area contributed by atoms with Crippen LogP contribution in [0.15, 0.2) is 36.4 Å². The Kier molecular flexibility index (Phi) is 10.0. The third kappa shape index (κ3) is 7.56. The van der Waals surface area contributed by atoms with Crippen LogP contribution < -0.4 is 9.46 Å². The molecule has 12 heteroatoms. The Morgan fingerprint density at radius 3 is 2.57 bits per heavy atom. The molecule has 1 aromatic carbocycles. The van der Waals surface area contributed by atoms with Crippen LogP contribution in [-0.4, -0.2) is 71.4 Å². The average molecular weight is 762 g/mol. The summed E-state index contributed by atoms with van der Waals surface area (Å²) in [5.74, 6) is -1.99. The first-order valence-electron chi connectivity index (χ1n) is 19.7. The summed E-state index contributed by atoms with van der Waals surface area (Å²) in [6.45, 7) is 9.85. The summed E-state index contributed by atoms with van der Waals surface area (Å²) in [4.78, 5) is 63.2. The highest BCUT2D eigenvalue weighted by atomic mass is 32.2. The van der Waals surface area contributed by atoms with E-state index in [4.69, 9.17) is 14.5 Å². The topological polar surface area (TPSA) is 149 Å². The fraction of sp³-hybridized carbons (Fsp3) is 0.643. The number of nitrogens with zero attached hydrogens (tertiary/aromatic N) is 2. The van der Waals surface area contributed by atoms with Gasteiger partial charge in [0.25, 0.3) is 0 Å². The minimum atomic E-state index is -3.93. The highest BCUT2D eigenvalue weighted by molar-refractivity contribution is 7.91. The maximum absolute atomic E-state index is 14.8. The van der Waals surface area contributed by atoms with Gasteiger partial charge < -0.3 is 14.4 Å². The van der Waals surface area contributed by atoms with Crippen LogP contribution in [0.4, 0.5) is 0 Å². The summed E-state index contributed by atoms with van der Waals surface area (Å²) in [6.07, 6.45) is 10.1. The Bertz CT molecular complexity index is 2000. The number of hydrogen-bond acceptors (Lipinski definition) is 9. The quantitative estimate of drug-likeness (QED) is 0.265. The molecule has 0 radical (unpaired) electrons. The zero-order valence-electron chi connectivity index (χ0n) is 32.4. The largest absolute Gasteiger partial charge is 0.483 e. The van der Waals surface area contributed by atoms with E-state index in [-0.39, 0.29) is 55.4 Å². The molecule has 5 atom stereocenters. The van der Waals surface area contributed by atoms with Gasteiger partial charge in [-0.3, -0.25) is 23.9 Å². The maximum atomic E-state index is 14.8. The Hall–Kier alpha value is -3.80. The number of fused-ring (bicyclic) bond motifs is 5. The van der Waals surface area contributed by atoms with E-state index in [2.05, 4.69) is 4.72 Å². The molecule has 1 N–H and O–H groups in total. The molecular formula is C42H55N3O8S. The smallest absolute Gasteiger partial charge is 0.306 e. The molecule has 0 bridgehead atoms. The predicted molar refractivity (Wildman–Crippen MR) is 204 cm³/mol. The van der Waals surface area contributed by atoms with Gasteiger partial charge in [0.15, 0.2) is 5.78 Å². The van der Waals surface area contributed by atoms with Crippen LogP contribution in [0.25, 0.3) is 10.9 Å². The number of allylic oxidation sites excluding steroid dienone is 2. The second kappa shape index (κ2) is 14.0. The second-order valence-corrected chi connectivity index (χ2v) is 20.4. The Morgan fingerprint density at radius 2 is 1.83 bits per heavy atom. The van der Waals surface area contributed by atoms with Gasteiger partial charge in [-0.2, -0.15) is 0 Å². The minimum absolute atomic E-state index is 0.0943. The van der Waals surface area contributed by atoms with Crippen molar-refractivity contribution < 1.29 is 37.1 Å². The first kappa shape index (κ1) is 38.5. The molecule has 11 nitrogen and oxygen atoms in total. The molecule has 0 unspecified atom stereocenters. The van der Waals surface area contributed by atoms with Gasteiger partial charge in [0.05, 0.1) is 47.0 Å². The van der Waals surface area contributed by atoms with Crippen molar-refractivity contribution in [1.82, 2.24) is 14.6 Å². The van der Waals surface area contributed by atoms with Crippen LogP contribution in [0.2, 0.25) is 0 Å². The number of carbonyl (C=O) groups is 4. The van der Waals surface area contributed by atoms with Gasteiger partial charge in [-0.1, -0.05) is 64.0 Å². The number of ether oxygens (including phenoxy) is 2. The van der Waals surface area contributed by atoms with Gasteiger partial charge in [-0.15, -0.1) is 0 Å². The van der Waals surface area contributed by atoms with E-state index in [9.17, 15) is 27.6 Å². The first-order valence-corrected chi connectivity index (χ1v) is 21.2. The number of amides is 2. The number of rotatable bonds is 6. The van der Waals surface area contributed by atoms with Crippen LogP contribution in [-0.2, 0) is 40.4 Å². The van der Waals surface area contributed by atoms with Crippen LogP contribution in [0.3, 0.4) is 0 Å². The number of Topliss-reactive ketones (excluding diaryl/α,β-unsaturated/α-hetero) is 1. The standard InChI is InChI=1S/C42H55N3O8S/c1-27-36-31(30-15-11-12-16-32(30)43-27)17-18-41(53-36)23-33-34(46)24-42(38(49)44-54(50,51)40(5)19-20-40)22-29(42)14-10-8-6-7-9-13-28(37(48)45(33)25-41)21-35(47)52-26-39(2,3)4/h10-12,14-16,28-29,33H,6-9,13,17-26H2,1-5H3,(H,44,49)/b14-10-/t28-,29-,33+,41-,42-/m1/s1. The van der Waals surface area contributed by atoms with Crippen LogP contribution in [0.5, 0.6) is 5.75 Å². The van der Waals surface area contributed by atoms with Crippen molar-refractivity contribution in [2.24, 2.45) is 22.7 Å². The molecule has 2 saturated carbocycles. The number of aryl methyl sites for hydroxylation is 2. The van der Waals surface area contributed by atoms with E-state index in [1.807, 2.05) is 64.1 Å². The fourth-order valence-corrected chi connectivity index (χ4v) is 10.0. The molecule has 2 aromatic rings. The zero-order valence-corrected chi connectivity index (χ0v) is 33.2. The summed E-state index contributed by atoms with van der Waals surface area (Å²) < 4.78 is 40.4. The Morgan fingerprint density at radius 1 is 1.07 bits per heavy atom. The Labute approximate surface area is 319 Å². The molecule has 1 spiro atoms. The predicted octanol–water partition coefficient (Wildman–Crippen LogP) is 6.29. The SMILES string of the molecule is Cc1nc2ccccc2c2c1O[C@]1(CC2)C[C@H]2C(=O)C[C@]3(C(=O)NS(=O)(=O)C4(C)CC4)C[C@H]3/C=C\CCCCC[C@H](CC(=O)OCC(C)(C)C)C(=O)N2C1. The number of hydrogen-bond donors (Lipinski definition) is 1. The number of benzene rings is 1. The van der Waals surface area contributed by atoms with Gasteiger partial charge in [0.1, 0.15) is 11.4 Å². The normalized spacial score (nSPS) is 30.2. The highest BCUT2D eigenvalue weighted by Gasteiger charge is 2.63. The van der Waals surface area contributed by atoms with Crippen molar-refractivity contribution >= 4 is 44.5 Å². The lowest BCUT2D eigenvalue weighted by Crippen LogP contribution is -2.48. The van der Waals surface area contributed by atoms with E-state index < -0.39 is 49.6 Å². The molecule has 54 heavy (non-hydrogen) atoms. The van der Waals surface area contributed by atoms with E-state index in [1.54, 1.807) is 11.8 Å². The second-order valence-electron chi connectivity index (χ2n) is 18.2. The van der Waals surface area contributed by atoms with E-state index in [0.717, 1.165) is 47.8 Å². The molecule has 2 aliphatic carbocycles. The molecule has 5 aliphatic rings. The molecule has 2 amide bonds. The summed E-state index contributed by atoms with van der Waals surface area (Å²) >= 11 is 0. The molecule has 4 heterocycles. The van der Waals surface area contributed by atoms with E-state index >= 15 is 0 Å². The number of nitrogens with one attached hydrogen (secondary N) is 1. The number of esters is 1. The molecule has 292 valence electrons. The Balaban J connectivity index is 1.22. The molecule has 3 fully saturated rings. The van der Waals surface area contributed by atoms with Crippen LogP contribution >= 0.6 is 0 Å². The van der Waals surface area contributed by atoms with Gasteiger partial charge >= 0.3 is 5.97 Å². The lowest BCUT2D eigenvalue weighted by Gasteiger charge is -2.36. The molecular weight excluding hydrogens is 707 g/mol. The minimum Gasteiger partial charge on any atom is -0.483 e. The van der Waals surface area contributed by atoms with Crippen LogP contribution in [0, 0.1) is 29.6 Å². The summed E-state index contributed by atoms with van der Waals surface area (Å²) in [5.41, 5.74) is 0.319. The van der Waals surface area contributed by atoms with Gasteiger partial charge in [-0.25, -0.2) is 13.4 Å². The molecule has 1 saturated heterocycles. The van der Waals surface area contributed by atoms with Gasteiger partial charge in [0.2, 0.25) is 21.8 Å². The van der Waals surface area contributed by atoms with Gasteiger partial charge in [0, 0.05) is 29.7 Å². The lowest BCUT2D eigenvalue weighted by molar-refractivity contribution is -0.152. The zero-order chi connectivity index (χ0) is 38.7. The third-order valence-electron chi connectivity index (χ3n) is 12.4. The molecule has 3 aliphatic heterocycles. The van der Waals surface area contributed by atoms with Crippen molar-refractivity contribution in [3.8, 4) is 5.75 Å². The van der Waals surface area contributed by atoms with Crippen molar-refractivity contribution in [3.63, 3.8) is 0 Å². The van der Waals surface area contributed by atoms with Gasteiger partial charge in [-0.05, 0) is 82.6 Å².